The summed E-state index contributed by atoms with van der Waals surface area (Å²) < 4.78 is 18.6. The molecule has 0 aliphatic carbocycles. The molecule has 0 unspecified atom stereocenters. The van der Waals surface area contributed by atoms with E-state index in [4.69, 9.17) is 4.42 Å². The zero-order valence-electron chi connectivity index (χ0n) is 14.7. The standard InChI is InChI=1S/C21H21FN2O2/c1-15-19(24-21(26-15)17-5-3-2-4-6-17)11-12-20(25)23-14-13-16-7-9-18(22)10-8-16/h2-10H,11-14H2,1H3,(H,23,25). The summed E-state index contributed by atoms with van der Waals surface area (Å²) >= 11 is 0. The van der Waals surface area contributed by atoms with E-state index in [2.05, 4.69) is 10.3 Å². The van der Waals surface area contributed by atoms with E-state index in [1.165, 1.54) is 12.1 Å². The molecule has 0 bridgehead atoms. The number of benzene rings is 2. The van der Waals surface area contributed by atoms with Gasteiger partial charge in [0.1, 0.15) is 11.6 Å². The summed E-state index contributed by atoms with van der Waals surface area (Å²) in [6.45, 7) is 2.39. The van der Waals surface area contributed by atoms with Crippen molar-refractivity contribution < 1.29 is 13.6 Å². The van der Waals surface area contributed by atoms with Gasteiger partial charge in [-0.1, -0.05) is 30.3 Å². The van der Waals surface area contributed by atoms with E-state index in [9.17, 15) is 9.18 Å². The quantitative estimate of drug-likeness (QED) is 0.697. The molecule has 0 radical (unpaired) electrons. The largest absolute Gasteiger partial charge is 0.441 e. The van der Waals surface area contributed by atoms with Crippen molar-refractivity contribution in [3.05, 3.63) is 77.4 Å². The van der Waals surface area contributed by atoms with Gasteiger partial charge in [-0.15, -0.1) is 0 Å². The Labute approximate surface area is 152 Å². The van der Waals surface area contributed by atoms with Crippen LogP contribution in [0.2, 0.25) is 0 Å². The summed E-state index contributed by atoms with van der Waals surface area (Å²) in [5, 5.41) is 2.88. The van der Waals surface area contributed by atoms with E-state index >= 15 is 0 Å². The maximum Gasteiger partial charge on any atom is 0.226 e. The average molecular weight is 352 g/mol. The number of nitrogens with one attached hydrogen (secondary N) is 1. The molecule has 3 rings (SSSR count). The molecule has 2 aromatic carbocycles. The number of nitrogens with zero attached hydrogens (tertiary/aromatic N) is 1. The molecular weight excluding hydrogens is 331 g/mol. The number of hydrogen-bond acceptors (Lipinski definition) is 3. The first-order valence-electron chi connectivity index (χ1n) is 8.64. The second-order valence-corrected chi connectivity index (χ2v) is 6.11. The van der Waals surface area contributed by atoms with Crippen LogP contribution in [0.15, 0.2) is 59.0 Å². The fourth-order valence-corrected chi connectivity index (χ4v) is 2.68. The summed E-state index contributed by atoms with van der Waals surface area (Å²) in [5.74, 6) is 1.03. The Balaban J connectivity index is 1.47. The van der Waals surface area contributed by atoms with Crippen LogP contribution in [0, 0.1) is 12.7 Å². The molecule has 0 saturated heterocycles. The van der Waals surface area contributed by atoms with E-state index in [-0.39, 0.29) is 11.7 Å². The van der Waals surface area contributed by atoms with Crippen molar-refractivity contribution in [3.63, 3.8) is 0 Å². The summed E-state index contributed by atoms with van der Waals surface area (Å²) in [7, 11) is 0. The van der Waals surface area contributed by atoms with E-state index < -0.39 is 0 Å². The lowest BCUT2D eigenvalue weighted by Gasteiger charge is -2.05. The minimum absolute atomic E-state index is 0.0317. The Morgan fingerprint density at radius 2 is 1.81 bits per heavy atom. The molecule has 0 aliphatic heterocycles. The summed E-state index contributed by atoms with van der Waals surface area (Å²) in [4.78, 5) is 16.5. The highest BCUT2D eigenvalue weighted by Crippen LogP contribution is 2.22. The van der Waals surface area contributed by atoms with Crippen LogP contribution in [0.3, 0.4) is 0 Å². The minimum Gasteiger partial charge on any atom is -0.441 e. The first-order valence-corrected chi connectivity index (χ1v) is 8.64. The highest BCUT2D eigenvalue weighted by molar-refractivity contribution is 5.76. The van der Waals surface area contributed by atoms with Gasteiger partial charge in [0.25, 0.3) is 0 Å². The van der Waals surface area contributed by atoms with Crippen molar-refractivity contribution in [1.82, 2.24) is 10.3 Å². The highest BCUT2D eigenvalue weighted by Gasteiger charge is 2.12. The van der Waals surface area contributed by atoms with E-state index in [1.54, 1.807) is 12.1 Å². The van der Waals surface area contributed by atoms with E-state index in [0.29, 0.717) is 31.7 Å². The Morgan fingerprint density at radius 3 is 2.54 bits per heavy atom. The first-order chi connectivity index (χ1) is 12.6. The number of oxazole rings is 1. The maximum absolute atomic E-state index is 12.9. The summed E-state index contributed by atoms with van der Waals surface area (Å²) in [6, 6.07) is 16.0. The third-order valence-corrected chi connectivity index (χ3v) is 4.15. The van der Waals surface area contributed by atoms with Crippen molar-refractivity contribution in [2.45, 2.75) is 26.2 Å². The van der Waals surface area contributed by atoms with Gasteiger partial charge in [-0.25, -0.2) is 9.37 Å². The van der Waals surface area contributed by atoms with Gasteiger partial charge in [0.2, 0.25) is 11.8 Å². The predicted octanol–water partition coefficient (Wildman–Crippen LogP) is 4.08. The first kappa shape index (κ1) is 17.9. The maximum atomic E-state index is 12.9. The molecule has 1 N–H and O–H groups in total. The number of halogens is 1. The third kappa shape index (κ3) is 4.79. The molecule has 1 aromatic heterocycles. The predicted molar refractivity (Wildman–Crippen MR) is 98.1 cm³/mol. The molecule has 26 heavy (non-hydrogen) atoms. The molecule has 134 valence electrons. The van der Waals surface area contributed by atoms with Crippen LogP contribution in [-0.4, -0.2) is 17.4 Å². The van der Waals surface area contributed by atoms with Crippen LogP contribution >= 0.6 is 0 Å². The number of aryl methyl sites for hydroxylation is 2. The number of carbonyl (C=O) groups excluding carboxylic acids is 1. The topological polar surface area (TPSA) is 55.1 Å². The van der Waals surface area contributed by atoms with E-state index in [0.717, 1.165) is 22.6 Å². The number of amides is 1. The summed E-state index contributed by atoms with van der Waals surface area (Å²) in [5.41, 5.74) is 2.72. The smallest absolute Gasteiger partial charge is 0.226 e. The van der Waals surface area contributed by atoms with Crippen LogP contribution < -0.4 is 5.32 Å². The molecule has 3 aromatic rings. The van der Waals surface area contributed by atoms with Gasteiger partial charge in [-0.2, -0.15) is 0 Å². The van der Waals surface area contributed by atoms with Gasteiger partial charge in [-0.3, -0.25) is 4.79 Å². The van der Waals surface area contributed by atoms with Gasteiger partial charge < -0.3 is 9.73 Å². The van der Waals surface area contributed by atoms with Crippen LogP contribution in [0.1, 0.15) is 23.4 Å². The Hall–Kier alpha value is -2.95. The van der Waals surface area contributed by atoms with Crippen LogP contribution in [0.25, 0.3) is 11.5 Å². The van der Waals surface area contributed by atoms with Gasteiger partial charge in [0.15, 0.2) is 0 Å². The normalized spacial score (nSPS) is 10.7. The molecule has 0 atom stereocenters. The Kier molecular flexibility index (Phi) is 5.79. The van der Waals surface area contributed by atoms with Gasteiger partial charge in [0, 0.05) is 24.9 Å². The lowest BCUT2D eigenvalue weighted by atomic mass is 10.1. The van der Waals surface area contributed by atoms with Crippen molar-refractivity contribution in [2.24, 2.45) is 0 Å². The number of rotatable bonds is 7. The zero-order valence-corrected chi connectivity index (χ0v) is 14.7. The molecule has 0 fully saturated rings. The lowest BCUT2D eigenvalue weighted by Crippen LogP contribution is -2.26. The molecule has 5 heteroatoms. The molecular formula is C21H21FN2O2. The highest BCUT2D eigenvalue weighted by atomic mass is 19.1. The van der Waals surface area contributed by atoms with Gasteiger partial charge in [0.05, 0.1) is 5.69 Å². The fourth-order valence-electron chi connectivity index (χ4n) is 2.68. The van der Waals surface area contributed by atoms with Crippen molar-refractivity contribution in [1.29, 1.82) is 0 Å². The second kappa shape index (κ2) is 8.43. The molecule has 0 spiro atoms. The van der Waals surface area contributed by atoms with Gasteiger partial charge >= 0.3 is 0 Å². The van der Waals surface area contributed by atoms with E-state index in [1.807, 2.05) is 37.3 Å². The van der Waals surface area contributed by atoms with Crippen LogP contribution in [-0.2, 0) is 17.6 Å². The van der Waals surface area contributed by atoms with Crippen molar-refractivity contribution in [2.75, 3.05) is 6.54 Å². The number of aromatic nitrogens is 1. The third-order valence-electron chi connectivity index (χ3n) is 4.15. The second-order valence-electron chi connectivity index (χ2n) is 6.11. The SMILES string of the molecule is Cc1oc(-c2ccccc2)nc1CCC(=O)NCCc1ccc(F)cc1. The average Bonchev–Trinajstić information content (AvgIpc) is 3.03. The van der Waals surface area contributed by atoms with Crippen LogP contribution in [0.4, 0.5) is 4.39 Å². The monoisotopic (exact) mass is 352 g/mol. The minimum atomic E-state index is -0.254. The molecule has 0 saturated carbocycles. The molecule has 4 nitrogen and oxygen atoms in total. The Morgan fingerprint density at radius 1 is 1.08 bits per heavy atom. The number of hydrogen-bond donors (Lipinski definition) is 1. The molecule has 0 aliphatic rings. The molecule has 1 amide bonds. The Bertz CT molecular complexity index is 857. The molecule has 1 heterocycles. The van der Waals surface area contributed by atoms with Crippen molar-refractivity contribution >= 4 is 5.91 Å². The summed E-state index contributed by atoms with van der Waals surface area (Å²) in [6.07, 6.45) is 1.56. The lowest BCUT2D eigenvalue weighted by molar-refractivity contribution is -0.121. The van der Waals surface area contributed by atoms with Crippen molar-refractivity contribution in [3.8, 4) is 11.5 Å². The zero-order chi connectivity index (χ0) is 18.4. The van der Waals surface area contributed by atoms with Crippen LogP contribution in [0.5, 0.6) is 0 Å². The fraction of sp³-hybridized carbons (Fsp3) is 0.238. The number of carbonyl (C=O) groups is 1. The van der Waals surface area contributed by atoms with Gasteiger partial charge in [-0.05, 0) is 43.2 Å².